The van der Waals surface area contributed by atoms with Gasteiger partial charge in [-0.3, -0.25) is 4.90 Å². The summed E-state index contributed by atoms with van der Waals surface area (Å²) in [4.78, 5) is 2.59. The number of piperidine rings is 1. The lowest BCUT2D eigenvalue weighted by Gasteiger charge is -2.35. The van der Waals surface area contributed by atoms with E-state index in [0.29, 0.717) is 42.7 Å². The Bertz CT molecular complexity index is 1210. The van der Waals surface area contributed by atoms with Crippen molar-refractivity contribution in [1.82, 2.24) is 9.62 Å². The van der Waals surface area contributed by atoms with Gasteiger partial charge in [0.25, 0.3) is 0 Å². The Morgan fingerprint density at radius 2 is 1.76 bits per heavy atom. The van der Waals surface area contributed by atoms with Gasteiger partial charge in [0.15, 0.2) is 0 Å². The number of nitrogens with zero attached hydrogens (tertiary/aromatic N) is 2. The minimum Gasteiger partial charge on any atom is -0.484 e. The summed E-state index contributed by atoms with van der Waals surface area (Å²) in [5, 5.41) is 10.2. The second kappa shape index (κ2) is 13.7. The van der Waals surface area contributed by atoms with Crippen LogP contribution in [0.1, 0.15) is 42.1 Å². The summed E-state index contributed by atoms with van der Waals surface area (Å²) < 4.78 is 45.0. The molecule has 1 saturated heterocycles. The van der Waals surface area contributed by atoms with Crippen molar-refractivity contribution >= 4 is 21.6 Å². The number of benzene rings is 2. The van der Waals surface area contributed by atoms with Crippen molar-refractivity contribution < 1.29 is 22.6 Å². The monoisotopic (exact) mass is 562 g/mol. The van der Waals surface area contributed by atoms with Crippen molar-refractivity contribution in [2.24, 2.45) is 5.73 Å². The number of sulfonamides is 1. The van der Waals surface area contributed by atoms with E-state index in [1.54, 1.807) is 18.2 Å². The molecule has 206 valence electrons. The van der Waals surface area contributed by atoms with Crippen LogP contribution in [0.3, 0.4) is 0 Å². The molecule has 0 radical (unpaired) electrons. The van der Waals surface area contributed by atoms with Gasteiger partial charge in [0.1, 0.15) is 11.9 Å². The maximum Gasteiger partial charge on any atom is 0.240 e. The lowest BCUT2D eigenvalue weighted by atomic mass is 10.0. The molecule has 3 N–H and O–H groups in total. The molecule has 0 saturated carbocycles. The molecule has 9 nitrogen and oxygen atoms in total. The summed E-state index contributed by atoms with van der Waals surface area (Å²) in [6.07, 6.45) is 3.91. The largest absolute Gasteiger partial charge is 0.484 e. The predicted octanol–water partition coefficient (Wildman–Crippen LogP) is 3.01. The molecular formula is C27H35ClN4O5S. The van der Waals surface area contributed by atoms with E-state index in [2.05, 4.69) is 15.7 Å². The van der Waals surface area contributed by atoms with Crippen molar-refractivity contribution in [2.45, 2.75) is 42.7 Å². The van der Waals surface area contributed by atoms with Gasteiger partial charge < -0.3 is 19.9 Å². The van der Waals surface area contributed by atoms with Gasteiger partial charge in [0.05, 0.1) is 49.0 Å². The highest BCUT2D eigenvalue weighted by molar-refractivity contribution is 7.89. The highest BCUT2D eigenvalue weighted by Gasteiger charge is 2.40. The van der Waals surface area contributed by atoms with Gasteiger partial charge in [-0.15, -0.1) is 0 Å². The van der Waals surface area contributed by atoms with Crippen LogP contribution in [0, 0.1) is 11.3 Å². The Morgan fingerprint density at radius 3 is 2.45 bits per heavy atom. The van der Waals surface area contributed by atoms with Crippen LogP contribution in [0.15, 0.2) is 41.3 Å². The molecule has 11 heteroatoms. The van der Waals surface area contributed by atoms with Crippen LogP contribution in [0.4, 0.5) is 0 Å². The number of halogens is 1. The molecule has 1 aliphatic heterocycles. The van der Waals surface area contributed by atoms with Crippen molar-refractivity contribution in [3.8, 4) is 11.8 Å². The number of nitrogens with one attached hydrogen (secondary N) is 1. The Balaban J connectivity index is 1.41. The lowest BCUT2D eigenvalue weighted by molar-refractivity contribution is 0.0530. The van der Waals surface area contributed by atoms with Crippen LogP contribution in [-0.4, -0.2) is 72.0 Å². The average Bonchev–Trinajstić information content (AvgIpc) is 3.28. The van der Waals surface area contributed by atoms with E-state index >= 15 is 0 Å². The van der Waals surface area contributed by atoms with E-state index in [9.17, 15) is 13.7 Å². The number of hydrogen-bond donors (Lipinski definition) is 2. The van der Waals surface area contributed by atoms with Gasteiger partial charge in [0, 0.05) is 18.1 Å². The highest BCUT2D eigenvalue weighted by atomic mass is 35.5. The SMILES string of the molecule is N#Cc1cc(Cl)cc2c1C[C@H](N1CCCCC1)[C@H]2Oc1ccc(S(=O)(=O)NCCOCCOCCN)cc1. The third-order valence-electron chi connectivity index (χ3n) is 6.87. The maximum absolute atomic E-state index is 12.7. The Hall–Kier alpha value is -2.23. The fraction of sp³-hybridized carbons (Fsp3) is 0.519. The smallest absolute Gasteiger partial charge is 0.240 e. The molecule has 2 aromatic carbocycles. The minimum atomic E-state index is -3.69. The van der Waals surface area contributed by atoms with Gasteiger partial charge in [0.2, 0.25) is 10.0 Å². The van der Waals surface area contributed by atoms with E-state index in [0.717, 1.165) is 43.5 Å². The van der Waals surface area contributed by atoms with Crippen LogP contribution < -0.4 is 15.2 Å². The number of nitrogens with two attached hydrogens (primary N) is 1. The predicted molar refractivity (Wildman–Crippen MR) is 145 cm³/mol. The molecular weight excluding hydrogens is 528 g/mol. The first-order valence-electron chi connectivity index (χ1n) is 13.0. The molecule has 0 bridgehead atoms. The van der Waals surface area contributed by atoms with Crippen molar-refractivity contribution in [2.75, 3.05) is 52.6 Å². The van der Waals surface area contributed by atoms with E-state index in [4.69, 9.17) is 31.5 Å². The summed E-state index contributed by atoms with van der Waals surface area (Å²) in [6, 6.07) is 12.4. The quantitative estimate of drug-likeness (QED) is 0.357. The molecule has 0 spiro atoms. The topological polar surface area (TPSA) is 127 Å². The van der Waals surface area contributed by atoms with Crippen LogP contribution in [-0.2, 0) is 25.9 Å². The third-order valence-corrected chi connectivity index (χ3v) is 8.56. The summed E-state index contributed by atoms with van der Waals surface area (Å²) >= 11 is 6.36. The Kier molecular flexibility index (Phi) is 10.4. The summed E-state index contributed by atoms with van der Waals surface area (Å²) in [5.74, 6) is 0.558. The fourth-order valence-electron chi connectivity index (χ4n) is 5.06. The number of nitriles is 1. The van der Waals surface area contributed by atoms with Gasteiger partial charge >= 0.3 is 0 Å². The molecule has 1 aliphatic carbocycles. The second-order valence-corrected chi connectivity index (χ2v) is 11.6. The zero-order valence-corrected chi connectivity index (χ0v) is 23.0. The molecule has 4 rings (SSSR count). The van der Waals surface area contributed by atoms with E-state index < -0.39 is 10.0 Å². The van der Waals surface area contributed by atoms with Crippen molar-refractivity contribution in [3.05, 3.63) is 58.1 Å². The minimum absolute atomic E-state index is 0.0849. The van der Waals surface area contributed by atoms with Crippen molar-refractivity contribution in [1.29, 1.82) is 5.26 Å². The van der Waals surface area contributed by atoms with E-state index in [1.807, 2.05) is 6.07 Å². The molecule has 0 unspecified atom stereocenters. The number of ether oxygens (including phenoxy) is 3. The molecule has 0 amide bonds. The number of hydrogen-bond acceptors (Lipinski definition) is 8. The van der Waals surface area contributed by atoms with Crippen LogP contribution >= 0.6 is 11.6 Å². The fourth-order valence-corrected chi connectivity index (χ4v) is 6.30. The molecule has 2 atom stereocenters. The molecule has 0 aromatic heterocycles. The Morgan fingerprint density at radius 1 is 1.05 bits per heavy atom. The lowest BCUT2D eigenvalue weighted by Crippen LogP contribution is -2.43. The van der Waals surface area contributed by atoms with Crippen molar-refractivity contribution in [3.63, 3.8) is 0 Å². The first kappa shape index (κ1) is 28.8. The van der Waals surface area contributed by atoms with Gasteiger partial charge in [-0.05, 0) is 79.9 Å². The Labute approximate surface area is 229 Å². The van der Waals surface area contributed by atoms with Crippen LogP contribution in [0.25, 0.3) is 0 Å². The van der Waals surface area contributed by atoms with E-state index in [1.165, 1.54) is 18.6 Å². The number of rotatable bonds is 13. The second-order valence-electron chi connectivity index (χ2n) is 9.42. The van der Waals surface area contributed by atoms with Crippen LogP contribution in [0.5, 0.6) is 5.75 Å². The summed E-state index contributed by atoms with van der Waals surface area (Å²) in [7, 11) is -3.69. The van der Waals surface area contributed by atoms with Gasteiger partial charge in [-0.1, -0.05) is 18.0 Å². The first-order valence-corrected chi connectivity index (χ1v) is 14.9. The normalized spacial score (nSPS) is 19.7. The third kappa shape index (κ3) is 7.24. The molecule has 38 heavy (non-hydrogen) atoms. The molecule has 2 aliphatic rings. The average molecular weight is 563 g/mol. The van der Waals surface area contributed by atoms with Gasteiger partial charge in [-0.25, -0.2) is 13.1 Å². The number of fused-ring (bicyclic) bond motifs is 1. The maximum atomic E-state index is 12.7. The molecule has 1 fully saturated rings. The molecule has 1 heterocycles. The zero-order chi connectivity index (χ0) is 27.0. The standard InChI is InChI=1S/C27H35ClN4O5S/c28-21-16-20(19-30)24-18-26(32-10-2-1-3-11-32)27(25(24)17-21)37-22-4-6-23(7-5-22)38(33,34)31-9-13-36-15-14-35-12-8-29/h4-7,16-17,26-27,31H,1-3,8-15,18,29H2/t26-,27-/m0/s1. The molecule has 2 aromatic rings. The highest BCUT2D eigenvalue weighted by Crippen LogP contribution is 2.41. The number of likely N-dealkylation sites (tertiary alicyclic amines) is 1. The zero-order valence-electron chi connectivity index (χ0n) is 21.4. The van der Waals surface area contributed by atoms with E-state index in [-0.39, 0.29) is 30.2 Å². The summed E-state index contributed by atoms with van der Waals surface area (Å²) in [5.41, 5.74) is 7.84. The van der Waals surface area contributed by atoms with Crippen LogP contribution in [0.2, 0.25) is 5.02 Å². The first-order chi connectivity index (χ1) is 18.4. The summed E-state index contributed by atoms with van der Waals surface area (Å²) in [6.45, 7) is 4.07. The van der Waals surface area contributed by atoms with Gasteiger partial charge in [-0.2, -0.15) is 5.26 Å².